The van der Waals surface area contributed by atoms with Gasteiger partial charge >= 0.3 is 0 Å². The molecular formula is C12H14O3. The fraction of sp³-hybridized carbons (Fsp3) is 0.250. The van der Waals surface area contributed by atoms with Crippen molar-refractivity contribution in [3.8, 4) is 0 Å². The SMILES string of the molecule is COC.Cc1ccc2oc(C=O)cc2c1. The maximum atomic E-state index is 10.4. The molecule has 1 aromatic heterocycles. The maximum Gasteiger partial charge on any atom is 0.185 e. The van der Waals surface area contributed by atoms with E-state index in [2.05, 4.69) is 4.74 Å². The van der Waals surface area contributed by atoms with Crippen LogP contribution in [0.15, 0.2) is 28.7 Å². The second-order valence-corrected chi connectivity index (χ2v) is 3.22. The first-order valence-electron chi connectivity index (χ1n) is 4.56. The van der Waals surface area contributed by atoms with E-state index in [1.807, 2.05) is 25.1 Å². The molecule has 0 spiro atoms. The summed E-state index contributed by atoms with van der Waals surface area (Å²) in [6, 6.07) is 7.57. The molecule has 0 bridgehead atoms. The minimum Gasteiger partial charge on any atom is -0.453 e. The highest BCUT2D eigenvalue weighted by molar-refractivity contribution is 5.85. The lowest BCUT2D eigenvalue weighted by atomic mass is 10.2. The van der Waals surface area contributed by atoms with E-state index >= 15 is 0 Å². The van der Waals surface area contributed by atoms with E-state index in [0.717, 1.165) is 17.3 Å². The van der Waals surface area contributed by atoms with E-state index in [0.29, 0.717) is 5.76 Å². The number of aryl methyl sites for hydroxylation is 1. The fourth-order valence-electron chi connectivity index (χ4n) is 1.24. The molecular weight excluding hydrogens is 192 g/mol. The van der Waals surface area contributed by atoms with Crippen molar-refractivity contribution >= 4 is 17.3 Å². The number of furan rings is 1. The minimum atomic E-state index is 0.385. The molecule has 0 aliphatic carbocycles. The van der Waals surface area contributed by atoms with Crippen molar-refractivity contribution in [3.63, 3.8) is 0 Å². The Morgan fingerprint density at radius 2 is 1.93 bits per heavy atom. The Kier molecular flexibility index (Phi) is 4.06. The molecule has 0 atom stereocenters. The molecule has 0 N–H and O–H groups in total. The smallest absolute Gasteiger partial charge is 0.185 e. The van der Waals surface area contributed by atoms with Crippen LogP contribution in [0.1, 0.15) is 16.1 Å². The van der Waals surface area contributed by atoms with Gasteiger partial charge in [-0.15, -0.1) is 0 Å². The summed E-state index contributed by atoms with van der Waals surface area (Å²) in [5.41, 5.74) is 1.93. The van der Waals surface area contributed by atoms with E-state index in [4.69, 9.17) is 4.42 Å². The fourth-order valence-corrected chi connectivity index (χ4v) is 1.24. The molecule has 80 valence electrons. The number of fused-ring (bicyclic) bond motifs is 1. The lowest BCUT2D eigenvalue weighted by Gasteiger charge is -1.89. The summed E-state index contributed by atoms with van der Waals surface area (Å²) in [5, 5.41) is 0.983. The van der Waals surface area contributed by atoms with Crippen LogP contribution in [-0.4, -0.2) is 20.5 Å². The quantitative estimate of drug-likeness (QED) is 0.673. The predicted molar refractivity (Wildman–Crippen MR) is 59.3 cm³/mol. The van der Waals surface area contributed by atoms with E-state index < -0.39 is 0 Å². The predicted octanol–water partition coefficient (Wildman–Crippen LogP) is 2.82. The highest BCUT2D eigenvalue weighted by Crippen LogP contribution is 2.19. The molecule has 0 amide bonds. The second kappa shape index (κ2) is 5.32. The molecule has 1 heterocycles. The second-order valence-electron chi connectivity index (χ2n) is 3.22. The van der Waals surface area contributed by atoms with Gasteiger partial charge in [-0.25, -0.2) is 0 Å². The van der Waals surface area contributed by atoms with Gasteiger partial charge in [-0.05, 0) is 25.1 Å². The van der Waals surface area contributed by atoms with Crippen molar-refractivity contribution in [2.75, 3.05) is 14.2 Å². The summed E-state index contributed by atoms with van der Waals surface area (Å²) >= 11 is 0. The number of rotatable bonds is 1. The third-order valence-corrected chi connectivity index (χ3v) is 1.81. The summed E-state index contributed by atoms with van der Waals surface area (Å²) in [5.74, 6) is 0.385. The average Bonchev–Trinajstić information content (AvgIpc) is 2.61. The first-order chi connectivity index (χ1) is 7.21. The molecule has 2 rings (SSSR count). The number of methoxy groups -OCH3 is 1. The van der Waals surface area contributed by atoms with Crippen LogP contribution < -0.4 is 0 Å². The van der Waals surface area contributed by atoms with Gasteiger partial charge in [-0.1, -0.05) is 11.6 Å². The largest absolute Gasteiger partial charge is 0.453 e. The Hall–Kier alpha value is -1.61. The van der Waals surface area contributed by atoms with Crippen molar-refractivity contribution in [1.82, 2.24) is 0 Å². The molecule has 15 heavy (non-hydrogen) atoms. The van der Waals surface area contributed by atoms with Crippen molar-refractivity contribution in [2.24, 2.45) is 0 Å². The van der Waals surface area contributed by atoms with Gasteiger partial charge in [-0.3, -0.25) is 4.79 Å². The molecule has 3 heteroatoms. The van der Waals surface area contributed by atoms with Gasteiger partial charge < -0.3 is 9.15 Å². The van der Waals surface area contributed by atoms with Crippen LogP contribution in [0.25, 0.3) is 11.0 Å². The van der Waals surface area contributed by atoms with Crippen molar-refractivity contribution in [2.45, 2.75) is 6.92 Å². The molecule has 0 radical (unpaired) electrons. The monoisotopic (exact) mass is 206 g/mol. The Balaban J connectivity index is 0.000000337. The zero-order chi connectivity index (χ0) is 11.3. The van der Waals surface area contributed by atoms with Gasteiger partial charge in [0.2, 0.25) is 0 Å². The Labute approximate surface area is 88.6 Å². The van der Waals surface area contributed by atoms with E-state index in [9.17, 15) is 4.79 Å². The molecule has 2 aromatic rings. The topological polar surface area (TPSA) is 39.4 Å². The van der Waals surface area contributed by atoms with Gasteiger partial charge in [0.1, 0.15) is 5.58 Å². The summed E-state index contributed by atoms with van der Waals surface area (Å²) in [6.07, 6.45) is 0.718. The normalized spacial score (nSPS) is 9.53. The number of hydrogen-bond donors (Lipinski definition) is 0. The van der Waals surface area contributed by atoms with Crippen molar-refractivity contribution in [1.29, 1.82) is 0 Å². The number of aldehydes is 1. The van der Waals surface area contributed by atoms with Crippen molar-refractivity contribution in [3.05, 3.63) is 35.6 Å². The van der Waals surface area contributed by atoms with Crippen LogP contribution in [0.5, 0.6) is 0 Å². The molecule has 0 saturated carbocycles. The van der Waals surface area contributed by atoms with Crippen LogP contribution in [-0.2, 0) is 4.74 Å². The molecule has 0 aliphatic rings. The Bertz CT molecular complexity index is 443. The number of carbonyl (C=O) groups is 1. The highest BCUT2D eigenvalue weighted by Gasteiger charge is 2.01. The van der Waals surface area contributed by atoms with Gasteiger partial charge in [0, 0.05) is 19.6 Å². The lowest BCUT2D eigenvalue weighted by Crippen LogP contribution is -1.67. The third-order valence-electron chi connectivity index (χ3n) is 1.81. The van der Waals surface area contributed by atoms with Gasteiger partial charge in [0.15, 0.2) is 12.0 Å². The van der Waals surface area contributed by atoms with E-state index in [1.54, 1.807) is 20.3 Å². The van der Waals surface area contributed by atoms with Gasteiger partial charge in [0.05, 0.1) is 0 Å². The molecule has 3 nitrogen and oxygen atoms in total. The van der Waals surface area contributed by atoms with Crippen LogP contribution in [0.3, 0.4) is 0 Å². The average molecular weight is 206 g/mol. The maximum absolute atomic E-state index is 10.4. The number of benzene rings is 1. The summed E-state index contributed by atoms with van der Waals surface area (Å²) in [7, 11) is 3.25. The summed E-state index contributed by atoms with van der Waals surface area (Å²) in [4.78, 5) is 10.4. The van der Waals surface area contributed by atoms with Crippen LogP contribution >= 0.6 is 0 Å². The number of ether oxygens (including phenoxy) is 1. The molecule has 0 fully saturated rings. The molecule has 0 unspecified atom stereocenters. The van der Waals surface area contributed by atoms with Crippen LogP contribution in [0.4, 0.5) is 0 Å². The highest BCUT2D eigenvalue weighted by atomic mass is 16.4. The number of carbonyl (C=O) groups excluding carboxylic acids is 1. The first kappa shape index (κ1) is 11.5. The molecule has 0 saturated heterocycles. The minimum absolute atomic E-state index is 0.385. The summed E-state index contributed by atoms with van der Waals surface area (Å²) in [6.45, 7) is 2.01. The van der Waals surface area contributed by atoms with Crippen LogP contribution in [0.2, 0.25) is 0 Å². The third kappa shape index (κ3) is 2.92. The standard InChI is InChI=1S/C10H8O2.C2H6O/c1-7-2-3-10-8(4-7)5-9(6-11)12-10;1-3-2/h2-6H,1H3;1-2H3. The van der Waals surface area contributed by atoms with E-state index in [-0.39, 0.29) is 0 Å². The van der Waals surface area contributed by atoms with E-state index in [1.165, 1.54) is 5.56 Å². The van der Waals surface area contributed by atoms with Gasteiger partial charge in [-0.2, -0.15) is 0 Å². The lowest BCUT2D eigenvalue weighted by molar-refractivity contribution is 0.110. The first-order valence-corrected chi connectivity index (χ1v) is 4.56. The van der Waals surface area contributed by atoms with Crippen molar-refractivity contribution < 1.29 is 13.9 Å². The zero-order valence-corrected chi connectivity index (χ0v) is 9.11. The molecule has 0 aliphatic heterocycles. The Morgan fingerprint density at radius 1 is 1.27 bits per heavy atom. The van der Waals surface area contributed by atoms with Crippen LogP contribution in [0, 0.1) is 6.92 Å². The molecule has 1 aromatic carbocycles. The Morgan fingerprint density at radius 3 is 2.53 bits per heavy atom. The van der Waals surface area contributed by atoms with Gasteiger partial charge in [0.25, 0.3) is 0 Å². The number of hydrogen-bond acceptors (Lipinski definition) is 3. The summed E-state index contributed by atoms with van der Waals surface area (Å²) < 4.78 is 9.45. The zero-order valence-electron chi connectivity index (χ0n) is 9.11.